The van der Waals surface area contributed by atoms with Crippen molar-refractivity contribution in [3.63, 3.8) is 0 Å². The van der Waals surface area contributed by atoms with Gasteiger partial charge >= 0.3 is 0 Å². The third-order valence-electron chi connectivity index (χ3n) is 6.45. The molecule has 2 aliphatic rings. The number of rotatable bonds is 5. The fourth-order valence-electron chi connectivity index (χ4n) is 4.82. The average molecular weight is 421 g/mol. The molecule has 2 aromatic rings. The van der Waals surface area contributed by atoms with Gasteiger partial charge in [-0.3, -0.25) is 4.79 Å². The maximum Gasteiger partial charge on any atom is 0.223 e. The highest BCUT2D eigenvalue weighted by atomic mass is 16.5. The number of aryl methyl sites for hydroxylation is 1. The van der Waals surface area contributed by atoms with Crippen LogP contribution in [0.2, 0.25) is 0 Å². The highest BCUT2D eigenvalue weighted by Gasteiger charge is 2.57. The Morgan fingerprint density at radius 1 is 1.13 bits per heavy atom. The molecule has 4 rings (SSSR count). The molecule has 1 fully saturated rings. The Balaban J connectivity index is 1.76. The lowest BCUT2D eigenvalue weighted by Gasteiger charge is -2.49. The van der Waals surface area contributed by atoms with Crippen LogP contribution in [0.5, 0.6) is 11.5 Å². The lowest BCUT2D eigenvalue weighted by molar-refractivity contribution is -0.124. The van der Waals surface area contributed by atoms with Crippen molar-refractivity contribution in [3.8, 4) is 11.5 Å². The SMILES string of the molecule is COc1cc(/C=C/C23NC(=O)CCN2c2ccc(C)cc2C3(C)C)ccc1OC(C)C. The molecule has 0 saturated carbocycles. The van der Waals surface area contributed by atoms with Crippen molar-refractivity contribution < 1.29 is 14.3 Å². The van der Waals surface area contributed by atoms with Gasteiger partial charge in [-0.1, -0.05) is 43.7 Å². The van der Waals surface area contributed by atoms with E-state index in [-0.39, 0.29) is 17.4 Å². The van der Waals surface area contributed by atoms with Crippen LogP contribution in [-0.4, -0.2) is 31.3 Å². The number of carbonyl (C=O) groups is 1. The molecule has 1 unspecified atom stereocenters. The van der Waals surface area contributed by atoms with Crippen molar-refractivity contribution in [1.82, 2.24) is 5.32 Å². The summed E-state index contributed by atoms with van der Waals surface area (Å²) in [6.07, 6.45) is 4.77. The molecule has 31 heavy (non-hydrogen) atoms. The Hall–Kier alpha value is -2.95. The van der Waals surface area contributed by atoms with Gasteiger partial charge in [-0.05, 0) is 56.2 Å². The number of nitrogens with one attached hydrogen (secondary N) is 1. The molecule has 1 amide bonds. The summed E-state index contributed by atoms with van der Waals surface area (Å²) < 4.78 is 11.4. The summed E-state index contributed by atoms with van der Waals surface area (Å²) in [6, 6.07) is 12.5. The maximum atomic E-state index is 12.6. The fourth-order valence-corrected chi connectivity index (χ4v) is 4.82. The largest absolute Gasteiger partial charge is 0.493 e. The molecule has 5 heteroatoms. The average Bonchev–Trinajstić information content (AvgIpc) is 2.90. The first-order valence-electron chi connectivity index (χ1n) is 10.9. The van der Waals surface area contributed by atoms with Crippen LogP contribution in [0.25, 0.3) is 6.08 Å². The predicted molar refractivity (Wildman–Crippen MR) is 125 cm³/mol. The van der Waals surface area contributed by atoms with E-state index in [1.165, 1.54) is 16.8 Å². The van der Waals surface area contributed by atoms with Gasteiger partial charge in [0.1, 0.15) is 5.66 Å². The first-order chi connectivity index (χ1) is 14.7. The molecule has 5 nitrogen and oxygen atoms in total. The zero-order chi connectivity index (χ0) is 22.4. The van der Waals surface area contributed by atoms with Gasteiger partial charge in [-0.25, -0.2) is 0 Å². The molecule has 0 aromatic heterocycles. The van der Waals surface area contributed by atoms with E-state index >= 15 is 0 Å². The number of methoxy groups -OCH3 is 1. The molecular formula is C26H32N2O3. The van der Waals surface area contributed by atoms with Crippen molar-refractivity contribution in [2.45, 2.75) is 58.2 Å². The van der Waals surface area contributed by atoms with Crippen LogP contribution in [0.15, 0.2) is 42.5 Å². The predicted octanol–water partition coefficient (Wildman–Crippen LogP) is 4.82. The van der Waals surface area contributed by atoms with E-state index in [2.05, 4.69) is 61.3 Å². The van der Waals surface area contributed by atoms with Gasteiger partial charge in [-0.15, -0.1) is 0 Å². The Morgan fingerprint density at radius 2 is 1.90 bits per heavy atom. The van der Waals surface area contributed by atoms with Crippen molar-refractivity contribution in [3.05, 3.63) is 59.2 Å². The second-order valence-corrected chi connectivity index (χ2v) is 9.27. The molecule has 1 saturated heterocycles. The van der Waals surface area contributed by atoms with Crippen LogP contribution >= 0.6 is 0 Å². The molecule has 2 heterocycles. The monoisotopic (exact) mass is 420 g/mol. The lowest BCUT2D eigenvalue weighted by Crippen LogP contribution is -2.68. The Bertz CT molecular complexity index is 1040. The second-order valence-electron chi connectivity index (χ2n) is 9.27. The number of hydrogen-bond donors (Lipinski definition) is 1. The number of anilines is 1. The van der Waals surface area contributed by atoms with E-state index in [1.54, 1.807) is 7.11 Å². The number of carbonyl (C=O) groups excluding carboxylic acids is 1. The van der Waals surface area contributed by atoms with Crippen LogP contribution in [0.3, 0.4) is 0 Å². The minimum atomic E-state index is -0.626. The summed E-state index contributed by atoms with van der Waals surface area (Å²) in [7, 11) is 1.65. The number of amides is 1. The summed E-state index contributed by atoms with van der Waals surface area (Å²) in [5, 5.41) is 3.33. The molecule has 0 bridgehead atoms. The molecule has 0 radical (unpaired) electrons. The summed E-state index contributed by atoms with van der Waals surface area (Å²) >= 11 is 0. The van der Waals surface area contributed by atoms with Gasteiger partial charge in [0.2, 0.25) is 5.91 Å². The Morgan fingerprint density at radius 3 is 2.61 bits per heavy atom. The van der Waals surface area contributed by atoms with Gasteiger partial charge in [0.25, 0.3) is 0 Å². The highest BCUT2D eigenvalue weighted by Crippen LogP contribution is 2.52. The first kappa shape index (κ1) is 21.3. The zero-order valence-electron chi connectivity index (χ0n) is 19.3. The van der Waals surface area contributed by atoms with Crippen LogP contribution < -0.4 is 19.7 Å². The van der Waals surface area contributed by atoms with Crippen LogP contribution in [0.1, 0.15) is 50.8 Å². The van der Waals surface area contributed by atoms with Crippen molar-refractivity contribution in [2.75, 3.05) is 18.6 Å². The second kappa shape index (κ2) is 7.63. The van der Waals surface area contributed by atoms with Crippen molar-refractivity contribution >= 4 is 17.7 Å². The zero-order valence-corrected chi connectivity index (χ0v) is 19.3. The summed E-state index contributed by atoms with van der Waals surface area (Å²) in [6.45, 7) is 11.2. The summed E-state index contributed by atoms with van der Waals surface area (Å²) in [5.41, 5.74) is 3.74. The van der Waals surface area contributed by atoms with Crippen molar-refractivity contribution in [2.24, 2.45) is 0 Å². The van der Waals surface area contributed by atoms with E-state index in [9.17, 15) is 4.79 Å². The van der Waals surface area contributed by atoms with Gasteiger partial charge in [0.05, 0.1) is 13.2 Å². The minimum absolute atomic E-state index is 0.0708. The van der Waals surface area contributed by atoms with E-state index in [4.69, 9.17) is 9.47 Å². The topological polar surface area (TPSA) is 50.8 Å². The molecule has 1 N–H and O–H groups in total. The van der Waals surface area contributed by atoms with E-state index in [0.717, 1.165) is 11.3 Å². The van der Waals surface area contributed by atoms with Gasteiger partial charge in [0.15, 0.2) is 11.5 Å². The standard InChI is InChI=1S/C26H32N2O3/c1-17(2)31-22-10-8-19(16-23(22)30-6)11-13-26-25(4,5)20-15-18(3)7-9-21(20)28(26)14-12-24(29)27-26/h7-11,13,15-17H,12,14H2,1-6H3,(H,27,29)/b13-11+. The number of fused-ring (bicyclic) bond motifs is 3. The highest BCUT2D eigenvalue weighted by molar-refractivity contribution is 5.84. The third-order valence-corrected chi connectivity index (χ3v) is 6.45. The van der Waals surface area contributed by atoms with Gasteiger partial charge in [0, 0.05) is 24.1 Å². The summed E-state index contributed by atoms with van der Waals surface area (Å²) in [5.74, 6) is 1.50. The normalized spacial score (nSPS) is 21.8. The maximum absolute atomic E-state index is 12.6. The lowest BCUT2D eigenvalue weighted by atomic mass is 9.74. The van der Waals surface area contributed by atoms with Gasteiger partial charge < -0.3 is 19.7 Å². The number of hydrogen-bond acceptors (Lipinski definition) is 4. The molecule has 1 atom stereocenters. The smallest absolute Gasteiger partial charge is 0.223 e. The quantitative estimate of drug-likeness (QED) is 0.754. The molecule has 2 aromatic carbocycles. The molecule has 0 spiro atoms. The van der Waals surface area contributed by atoms with Crippen LogP contribution in [0.4, 0.5) is 5.69 Å². The number of benzene rings is 2. The van der Waals surface area contributed by atoms with E-state index in [1.807, 2.05) is 32.0 Å². The molecule has 2 aliphatic heterocycles. The van der Waals surface area contributed by atoms with Crippen LogP contribution in [0, 0.1) is 6.92 Å². The number of nitrogens with zero attached hydrogens (tertiary/aromatic N) is 1. The van der Waals surface area contributed by atoms with Crippen molar-refractivity contribution in [1.29, 1.82) is 0 Å². The third kappa shape index (κ3) is 3.46. The molecule has 0 aliphatic carbocycles. The number of ether oxygens (including phenoxy) is 2. The minimum Gasteiger partial charge on any atom is -0.493 e. The Kier molecular flexibility index (Phi) is 5.24. The molecule has 164 valence electrons. The van der Waals surface area contributed by atoms with E-state index in [0.29, 0.717) is 18.7 Å². The molecular weight excluding hydrogens is 388 g/mol. The Labute approximate surface area is 185 Å². The van der Waals surface area contributed by atoms with Crippen LogP contribution in [-0.2, 0) is 10.2 Å². The fraction of sp³-hybridized carbons (Fsp3) is 0.423. The van der Waals surface area contributed by atoms with Gasteiger partial charge in [-0.2, -0.15) is 0 Å². The first-order valence-corrected chi connectivity index (χ1v) is 10.9. The summed E-state index contributed by atoms with van der Waals surface area (Å²) in [4.78, 5) is 14.9. The van der Waals surface area contributed by atoms with E-state index < -0.39 is 5.66 Å².